The summed E-state index contributed by atoms with van der Waals surface area (Å²) in [5, 5.41) is 4.04. The van der Waals surface area contributed by atoms with Crippen molar-refractivity contribution in [2.24, 2.45) is 12.8 Å². The molecule has 20 heavy (non-hydrogen) atoms. The molecule has 1 amide bonds. The lowest BCUT2D eigenvalue weighted by Gasteiger charge is -2.21. The Morgan fingerprint density at radius 2 is 2.05 bits per heavy atom. The second-order valence-electron chi connectivity index (χ2n) is 4.95. The Balaban J connectivity index is 2.52. The number of amides is 1. The lowest BCUT2D eigenvalue weighted by atomic mass is 10.2. The van der Waals surface area contributed by atoms with Gasteiger partial charge in [-0.25, -0.2) is 12.8 Å². The summed E-state index contributed by atoms with van der Waals surface area (Å²) in [7, 11) is -2.38. The first-order valence-corrected chi connectivity index (χ1v) is 7.55. The minimum Gasteiger partial charge on any atom is -0.368 e. The topological polar surface area (TPSA) is 98.3 Å². The number of sulfonamides is 1. The van der Waals surface area contributed by atoms with E-state index in [1.54, 1.807) is 20.9 Å². The second-order valence-corrected chi connectivity index (χ2v) is 6.78. The van der Waals surface area contributed by atoms with E-state index in [-0.39, 0.29) is 17.9 Å². The number of primary amides is 1. The number of aryl methyl sites for hydroxylation is 2. The van der Waals surface area contributed by atoms with E-state index in [0.29, 0.717) is 11.4 Å². The van der Waals surface area contributed by atoms with Gasteiger partial charge in [-0.2, -0.15) is 9.40 Å². The largest absolute Gasteiger partial charge is 0.368 e. The first-order valence-electron chi connectivity index (χ1n) is 6.11. The third-order valence-corrected chi connectivity index (χ3v) is 5.67. The van der Waals surface area contributed by atoms with Crippen LogP contribution >= 0.6 is 0 Å². The van der Waals surface area contributed by atoms with Crippen LogP contribution in [0.25, 0.3) is 0 Å². The molecule has 0 aliphatic carbocycles. The van der Waals surface area contributed by atoms with Gasteiger partial charge in [0.25, 0.3) is 0 Å². The molecule has 2 heterocycles. The van der Waals surface area contributed by atoms with Gasteiger partial charge in [0.1, 0.15) is 17.1 Å². The van der Waals surface area contributed by atoms with Gasteiger partial charge in [-0.1, -0.05) is 0 Å². The van der Waals surface area contributed by atoms with Crippen LogP contribution < -0.4 is 5.73 Å². The molecule has 0 spiro atoms. The summed E-state index contributed by atoms with van der Waals surface area (Å²) in [6.07, 6.45) is -1.59. The SMILES string of the molecule is Cc1nn(C)c(C)c1S(=O)(=O)N1C[C@H](F)C[C@H]1C(N)=O. The maximum absolute atomic E-state index is 13.5. The normalized spacial score (nSPS) is 24.2. The molecule has 1 saturated heterocycles. The van der Waals surface area contributed by atoms with Gasteiger partial charge in [0.2, 0.25) is 15.9 Å². The number of hydrogen-bond acceptors (Lipinski definition) is 4. The van der Waals surface area contributed by atoms with Gasteiger partial charge in [-0.15, -0.1) is 0 Å². The maximum atomic E-state index is 13.5. The number of carbonyl (C=O) groups excluding carboxylic acids is 1. The highest BCUT2D eigenvalue weighted by Crippen LogP contribution is 2.30. The van der Waals surface area contributed by atoms with E-state index in [2.05, 4.69) is 5.10 Å². The van der Waals surface area contributed by atoms with Crippen molar-refractivity contribution < 1.29 is 17.6 Å². The number of rotatable bonds is 3. The van der Waals surface area contributed by atoms with Crippen LogP contribution in [-0.2, 0) is 21.9 Å². The van der Waals surface area contributed by atoms with Gasteiger partial charge in [-0.3, -0.25) is 9.48 Å². The quantitative estimate of drug-likeness (QED) is 0.823. The van der Waals surface area contributed by atoms with Gasteiger partial charge in [0.05, 0.1) is 11.4 Å². The van der Waals surface area contributed by atoms with E-state index in [4.69, 9.17) is 5.73 Å². The summed E-state index contributed by atoms with van der Waals surface area (Å²) in [6.45, 7) is 2.81. The third-order valence-electron chi connectivity index (χ3n) is 3.54. The molecule has 9 heteroatoms. The van der Waals surface area contributed by atoms with Crippen molar-refractivity contribution in [3.63, 3.8) is 0 Å². The van der Waals surface area contributed by atoms with E-state index < -0.39 is 28.1 Å². The van der Waals surface area contributed by atoms with Crippen molar-refractivity contribution in [2.75, 3.05) is 6.54 Å². The summed E-state index contributed by atoms with van der Waals surface area (Å²) in [5.74, 6) is -0.840. The average Bonchev–Trinajstić information content (AvgIpc) is 2.81. The van der Waals surface area contributed by atoms with Crippen molar-refractivity contribution in [1.29, 1.82) is 0 Å². The molecule has 7 nitrogen and oxygen atoms in total. The molecule has 2 rings (SSSR count). The molecule has 1 aromatic rings. The molecular weight excluding hydrogens is 287 g/mol. The van der Waals surface area contributed by atoms with Gasteiger partial charge >= 0.3 is 0 Å². The molecule has 1 aromatic heterocycles. The first-order chi connectivity index (χ1) is 9.16. The van der Waals surface area contributed by atoms with Gasteiger partial charge < -0.3 is 5.73 Å². The van der Waals surface area contributed by atoms with Crippen LogP contribution in [0.1, 0.15) is 17.8 Å². The Morgan fingerprint density at radius 3 is 2.50 bits per heavy atom. The van der Waals surface area contributed by atoms with Crippen molar-refractivity contribution >= 4 is 15.9 Å². The summed E-state index contributed by atoms with van der Waals surface area (Å²) >= 11 is 0. The Labute approximate surface area is 116 Å². The number of carbonyl (C=O) groups is 1. The van der Waals surface area contributed by atoms with E-state index in [1.807, 2.05) is 0 Å². The number of nitrogens with two attached hydrogens (primary N) is 1. The molecule has 1 aliphatic rings. The van der Waals surface area contributed by atoms with Crippen LogP contribution in [0, 0.1) is 13.8 Å². The molecule has 112 valence electrons. The van der Waals surface area contributed by atoms with Crippen molar-refractivity contribution in [2.45, 2.75) is 37.4 Å². The average molecular weight is 304 g/mol. The molecule has 2 atom stereocenters. The predicted molar refractivity (Wildman–Crippen MR) is 69.1 cm³/mol. The molecule has 1 fully saturated rings. The second kappa shape index (κ2) is 4.81. The van der Waals surface area contributed by atoms with Crippen molar-refractivity contribution in [3.05, 3.63) is 11.4 Å². The maximum Gasteiger partial charge on any atom is 0.247 e. The Hall–Kier alpha value is -1.48. The van der Waals surface area contributed by atoms with Crippen LogP contribution in [0.5, 0.6) is 0 Å². The Kier molecular flexibility index (Phi) is 3.59. The van der Waals surface area contributed by atoms with E-state index >= 15 is 0 Å². The van der Waals surface area contributed by atoms with Gasteiger partial charge in [-0.05, 0) is 13.8 Å². The van der Waals surface area contributed by atoms with Crippen LogP contribution in [0.15, 0.2) is 4.90 Å². The van der Waals surface area contributed by atoms with Crippen molar-refractivity contribution in [1.82, 2.24) is 14.1 Å². The van der Waals surface area contributed by atoms with Gasteiger partial charge in [0.15, 0.2) is 0 Å². The highest BCUT2D eigenvalue weighted by Gasteiger charge is 2.44. The minimum atomic E-state index is -4.00. The highest BCUT2D eigenvalue weighted by atomic mass is 32.2. The molecule has 1 aliphatic heterocycles. The van der Waals surface area contributed by atoms with Crippen LogP contribution in [0.4, 0.5) is 4.39 Å². The summed E-state index contributed by atoms with van der Waals surface area (Å²) in [6, 6.07) is -1.14. The molecule has 0 bridgehead atoms. The van der Waals surface area contributed by atoms with Crippen LogP contribution in [-0.4, -0.2) is 47.2 Å². The number of halogens is 1. The third kappa shape index (κ3) is 2.20. The highest BCUT2D eigenvalue weighted by molar-refractivity contribution is 7.89. The Morgan fingerprint density at radius 1 is 1.45 bits per heavy atom. The number of nitrogens with zero attached hydrogens (tertiary/aromatic N) is 3. The molecular formula is C11H17FN4O3S. The fourth-order valence-corrected chi connectivity index (χ4v) is 4.56. The van der Waals surface area contributed by atoms with E-state index in [1.165, 1.54) is 4.68 Å². The fourth-order valence-electron chi connectivity index (χ4n) is 2.53. The summed E-state index contributed by atoms with van der Waals surface area (Å²) in [5.41, 5.74) is 5.93. The molecule has 0 unspecified atom stereocenters. The zero-order chi connectivity index (χ0) is 15.2. The Bertz CT molecular complexity index is 655. The number of hydrogen-bond donors (Lipinski definition) is 1. The predicted octanol–water partition coefficient (Wildman–Crippen LogP) is -0.377. The fraction of sp³-hybridized carbons (Fsp3) is 0.636. The zero-order valence-corrected chi connectivity index (χ0v) is 12.3. The molecule has 0 radical (unpaired) electrons. The molecule has 2 N–H and O–H groups in total. The van der Waals surface area contributed by atoms with Crippen LogP contribution in [0.2, 0.25) is 0 Å². The van der Waals surface area contributed by atoms with Gasteiger partial charge in [0, 0.05) is 20.0 Å². The molecule has 0 saturated carbocycles. The summed E-state index contributed by atoms with van der Waals surface area (Å²) < 4.78 is 41.1. The molecule has 0 aromatic carbocycles. The number of alkyl halides is 1. The first kappa shape index (κ1) is 14.9. The standard InChI is InChI=1S/C11H17FN4O3S/c1-6-10(7(2)15(3)14-6)20(18,19)16-5-8(12)4-9(16)11(13)17/h8-9H,4-5H2,1-3H3,(H2,13,17)/t8-,9+/m1/s1. The zero-order valence-electron chi connectivity index (χ0n) is 11.5. The van der Waals surface area contributed by atoms with Crippen LogP contribution in [0.3, 0.4) is 0 Å². The monoisotopic (exact) mass is 304 g/mol. The smallest absolute Gasteiger partial charge is 0.247 e. The number of aromatic nitrogens is 2. The minimum absolute atomic E-state index is 0.0142. The lowest BCUT2D eigenvalue weighted by molar-refractivity contribution is -0.121. The lowest BCUT2D eigenvalue weighted by Crippen LogP contribution is -2.43. The van der Waals surface area contributed by atoms with Crippen molar-refractivity contribution in [3.8, 4) is 0 Å². The summed E-state index contributed by atoms with van der Waals surface area (Å²) in [4.78, 5) is 11.4. The van der Waals surface area contributed by atoms with E-state index in [0.717, 1.165) is 4.31 Å². The van der Waals surface area contributed by atoms with E-state index in [9.17, 15) is 17.6 Å².